The van der Waals surface area contributed by atoms with Gasteiger partial charge in [-0.05, 0) is 57.0 Å². The predicted molar refractivity (Wildman–Crippen MR) is 92.8 cm³/mol. The molecule has 0 aliphatic carbocycles. The van der Waals surface area contributed by atoms with Crippen LogP contribution in [0.25, 0.3) is 0 Å². The molecule has 5 heteroatoms. The fourth-order valence-corrected chi connectivity index (χ4v) is 2.22. The largest absolute Gasteiger partial charge is 0.443 e. The van der Waals surface area contributed by atoms with Crippen molar-refractivity contribution in [2.45, 2.75) is 39.8 Å². The highest BCUT2D eigenvalue weighted by molar-refractivity contribution is 6.31. The van der Waals surface area contributed by atoms with Crippen molar-refractivity contribution >= 4 is 23.5 Å². The van der Waals surface area contributed by atoms with Crippen molar-refractivity contribution in [3.63, 3.8) is 0 Å². The third-order valence-corrected chi connectivity index (χ3v) is 3.45. The SMILES string of the molecule is Cc1ccnc(N(Cc2ccccc2Cl)C(=O)OC(C)(C)C)c1. The van der Waals surface area contributed by atoms with Crippen LogP contribution >= 0.6 is 11.6 Å². The zero-order chi connectivity index (χ0) is 17.0. The summed E-state index contributed by atoms with van der Waals surface area (Å²) in [5.74, 6) is 0.541. The molecule has 0 unspecified atom stereocenters. The highest BCUT2D eigenvalue weighted by Crippen LogP contribution is 2.23. The normalized spacial score (nSPS) is 11.2. The van der Waals surface area contributed by atoms with E-state index >= 15 is 0 Å². The number of carbonyl (C=O) groups excluding carboxylic acids is 1. The molecule has 4 nitrogen and oxygen atoms in total. The van der Waals surface area contributed by atoms with Gasteiger partial charge in [0.05, 0.1) is 6.54 Å². The molecule has 0 radical (unpaired) electrons. The van der Waals surface area contributed by atoms with Gasteiger partial charge >= 0.3 is 6.09 Å². The smallest absolute Gasteiger partial charge is 0.416 e. The number of hydrogen-bond acceptors (Lipinski definition) is 3. The second kappa shape index (κ2) is 7.01. The van der Waals surface area contributed by atoms with Gasteiger partial charge in [-0.2, -0.15) is 0 Å². The van der Waals surface area contributed by atoms with Crippen molar-refractivity contribution in [1.82, 2.24) is 4.98 Å². The van der Waals surface area contributed by atoms with Gasteiger partial charge in [0.1, 0.15) is 11.4 Å². The van der Waals surface area contributed by atoms with Crippen molar-refractivity contribution in [3.8, 4) is 0 Å². The van der Waals surface area contributed by atoms with E-state index in [1.54, 1.807) is 12.3 Å². The number of hydrogen-bond donors (Lipinski definition) is 0. The molecule has 0 saturated heterocycles. The van der Waals surface area contributed by atoms with Crippen LogP contribution in [-0.4, -0.2) is 16.7 Å². The van der Waals surface area contributed by atoms with Crippen molar-refractivity contribution in [3.05, 3.63) is 58.7 Å². The zero-order valence-electron chi connectivity index (χ0n) is 13.8. The summed E-state index contributed by atoms with van der Waals surface area (Å²) in [6.07, 6.45) is 1.23. The average molecular weight is 333 g/mol. The van der Waals surface area contributed by atoms with Gasteiger partial charge in [0.15, 0.2) is 0 Å². The summed E-state index contributed by atoms with van der Waals surface area (Å²) in [5, 5.41) is 0.605. The van der Waals surface area contributed by atoms with E-state index in [1.807, 2.05) is 58.0 Å². The van der Waals surface area contributed by atoms with Crippen molar-refractivity contribution in [2.75, 3.05) is 4.90 Å². The summed E-state index contributed by atoms with van der Waals surface area (Å²) >= 11 is 6.23. The van der Waals surface area contributed by atoms with Crippen LogP contribution in [0.3, 0.4) is 0 Å². The number of nitrogens with zero attached hydrogens (tertiary/aromatic N) is 2. The van der Waals surface area contributed by atoms with Crippen LogP contribution in [0.1, 0.15) is 31.9 Å². The Kier molecular flexibility index (Phi) is 5.26. The number of aryl methyl sites for hydroxylation is 1. The third-order valence-electron chi connectivity index (χ3n) is 3.08. The summed E-state index contributed by atoms with van der Waals surface area (Å²) in [4.78, 5) is 18.4. The molecule has 0 aliphatic heterocycles. The molecule has 1 amide bonds. The van der Waals surface area contributed by atoms with Crippen LogP contribution in [0.4, 0.5) is 10.6 Å². The molecule has 0 N–H and O–H groups in total. The van der Waals surface area contributed by atoms with E-state index in [0.29, 0.717) is 17.4 Å². The van der Waals surface area contributed by atoms with E-state index in [1.165, 1.54) is 4.90 Å². The Hall–Kier alpha value is -2.07. The minimum Gasteiger partial charge on any atom is -0.443 e. The Balaban J connectivity index is 2.35. The first-order valence-corrected chi connectivity index (χ1v) is 7.80. The minimum atomic E-state index is -0.584. The molecular weight excluding hydrogens is 312 g/mol. The molecule has 0 saturated carbocycles. The highest BCUT2D eigenvalue weighted by Gasteiger charge is 2.25. The maximum Gasteiger partial charge on any atom is 0.416 e. The van der Waals surface area contributed by atoms with Crippen molar-refractivity contribution in [1.29, 1.82) is 0 Å². The molecule has 122 valence electrons. The third kappa shape index (κ3) is 4.96. The van der Waals surface area contributed by atoms with Crippen LogP contribution < -0.4 is 4.90 Å². The quantitative estimate of drug-likeness (QED) is 0.795. The number of aromatic nitrogens is 1. The van der Waals surface area contributed by atoms with Crippen LogP contribution in [0, 0.1) is 6.92 Å². The lowest BCUT2D eigenvalue weighted by Gasteiger charge is -2.27. The highest BCUT2D eigenvalue weighted by atomic mass is 35.5. The van der Waals surface area contributed by atoms with Crippen molar-refractivity contribution in [2.24, 2.45) is 0 Å². The van der Waals surface area contributed by atoms with Crippen LogP contribution in [0.5, 0.6) is 0 Å². The first-order chi connectivity index (χ1) is 10.8. The van der Waals surface area contributed by atoms with Crippen LogP contribution in [0.15, 0.2) is 42.6 Å². The molecule has 0 aliphatic rings. The molecule has 0 fully saturated rings. The van der Waals surface area contributed by atoms with Gasteiger partial charge in [-0.3, -0.25) is 4.90 Å². The second-order valence-corrected chi connectivity index (χ2v) is 6.76. The summed E-state index contributed by atoms with van der Waals surface area (Å²) in [6, 6.07) is 11.2. The van der Waals surface area contributed by atoms with Crippen LogP contribution in [0.2, 0.25) is 5.02 Å². The number of anilines is 1. The topological polar surface area (TPSA) is 42.4 Å². The molecule has 1 aromatic heterocycles. The Labute approximate surface area is 142 Å². The maximum atomic E-state index is 12.6. The van der Waals surface area contributed by atoms with E-state index in [9.17, 15) is 4.79 Å². The lowest BCUT2D eigenvalue weighted by molar-refractivity contribution is 0.0576. The first kappa shape index (κ1) is 17.3. The molecule has 1 heterocycles. The molecule has 2 rings (SSSR count). The molecule has 0 atom stereocenters. The monoisotopic (exact) mass is 332 g/mol. The number of amides is 1. The molecule has 0 bridgehead atoms. The molecule has 0 spiro atoms. The lowest BCUT2D eigenvalue weighted by Crippen LogP contribution is -2.37. The Morgan fingerprint density at radius 1 is 1.26 bits per heavy atom. The zero-order valence-corrected chi connectivity index (χ0v) is 14.6. The summed E-state index contributed by atoms with van der Waals surface area (Å²) in [5.41, 5.74) is 1.27. The van der Waals surface area contributed by atoms with E-state index < -0.39 is 11.7 Å². The number of halogens is 1. The Morgan fingerprint density at radius 3 is 2.57 bits per heavy atom. The number of carbonyl (C=O) groups is 1. The van der Waals surface area contributed by atoms with Gasteiger partial charge in [-0.1, -0.05) is 29.8 Å². The first-order valence-electron chi connectivity index (χ1n) is 7.43. The van der Waals surface area contributed by atoms with Gasteiger partial charge in [-0.15, -0.1) is 0 Å². The number of pyridine rings is 1. The summed E-state index contributed by atoms with van der Waals surface area (Å²) in [6.45, 7) is 7.76. The molecule has 2 aromatic rings. The number of rotatable bonds is 3. The average Bonchev–Trinajstić information content (AvgIpc) is 2.44. The fourth-order valence-electron chi connectivity index (χ4n) is 2.02. The molecule has 23 heavy (non-hydrogen) atoms. The maximum absolute atomic E-state index is 12.6. The standard InChI is InChI=1S/C18H21ClN2O2/c1-13-9-10-20-16(11-13)21(17(22)23-18(2,3)4)12-14-7-5-6-8-15(14)19/h5-11H,12H2,1-4H3. The van der Waals surface area contributed by atoms with E-state index in [2.05, 4.69) is 4.98 Å². The Morgan fingerprint density at radius 2 is 1.96 bits per heavy atom. The fraction of sp³-hybridized carbons (Fsp3) is 0.333. The summed E-state index contributed by atoms with van der Waals surface area (Å²) in [7, 11) is 0. The van der Waals surface area contributed by atoms with Crippen molar-refractivity contribution < 1.29 is 9.53 Å². The van der Waals surface area contributed by atoms with Gasteiger partial charge < -0.3 is 4.74 Å². The number of ether oxygens (including phenoxy) is 1. The van der Waals surface area contributed by atoms with Crippen LogP contribution in [-0.2, 0) is 11.3 Å². The minimum absolute atomic E-state index is 0.297. The lowest BCUT2D eigenvalue weighted by atomic mass is 10.2. The van der Waals surface area contributed by atoms with E-state index in [4.69, 9.17) is 16.3 Å². The Bertz CT molecular complexity index is 695. The molecule has 1 aromatic carbocycles. The number of benzene rings is 1. The van der Waals surface area contributed by atoms with E-state index in [-0.39, 0.29) is 0 Å². The van der Waals surface area contributed by atoms with E-state index in [0.717, 1.165) is 11.1 Å². The predicted octanol–water partition coefficient (Wildman–Crippen LogP) is 4.99. The summed E-state index contributed by atoms with van der Waals surface area (Å²) < 4.78 is 5.51. The van der Waals surface area contributed by atoms with Gasteiger partial charge in [0.25, 0.3) is 0 Å². The van der Waals surface area contributed by atoms with Gasteiger partial charge in [0, 0.05) is 11.2 Å². The van der Waals surface area contributed by atoms with Gasteiger partial charge in [0.2, 0.25) is 0 Å². The van der Waals surface area contributed by atoms with Gasteiger partial charge in [-0.25, -0.2) is 9.78 Å². The molecular formula is C18H21ClN2O2. The second-order valence-electron chi connectivity index (χ2n) is 6.35.